The average molecular weight is 294 g/mol. The number of nitrogens with zero attached hydrogens (tertiary/aromatic N) is 2. The van der Waals surface area contributed by atoms with Crippen molar-refractivity contribution in [3.63, 3.8) is 0 Å². The first kappa shape index (κ1) is 15.3. The van der Waals surface area contributed by atoms with E-state index in [1.807, 2.05) is 17.8 Å². The normalized spacial score (nSPS) is 13.8. The molecule has 1 heterocycles. The van der Waals surface area contributed by atoms with E-state index in [0.717, 1.165) is 25.2 Å². The predicted octanol–water partition coefficient (Wildman–Crippen LogP) is 3.71. The van der Waals surface area contributed by atoms with Gasteiger partial charge in [0.25, 0.3) is 0 Å². The number of fused-ring (bicyclic) bond motifs is 1. The molecule has 0 saturated carbocycles. The molecule has 1 aromatic carbocycles. The van der Waals surface area contributed by atoms with Crippen LogP contribution in [-0.2, 0) is 13.6 Å². The molecule has 2 aromatic rings. The maximum atomic E-state index is 6.37. The summed E-state index contributed by atoms with van der Waals surface area (Å²) in [7, 11) is 1.98. The molecule has 0 aliphatic heterocycles. The van der Waals surface area contributed by atoms with Crippen molar-refractivity contribution in [2.24, 2.45) is 12.5 Å². The molecule has 4 heteroatoms. The molecule has 1 unspecified atom stereocenters. The van der Waals surface area contributed by atoms with Gasteiger partial charge in [-0.1, -0.05) is 39.0 Å². The zero-order valence-corrected chi connectivity index (χ0v) is 13.5. The highest BCUT2D eigenvalue weighted by atomic mass is 35.5. The summed E-state index contributed by atoms with van der Waals surface area (Å²) in [5, 5.41) is 9.36. The largest absolute Gasteiger partial charge is 0.310 e. The Labute approximate surface area is 126 Å². The van der Waals surface area contributed by atoms with Crippen molar-refractivity contribution in [2.75, 3.05) is 6.54 Å². The van der Waals surface area contributed by atoms with Crippen molar-refractivity contribution in [2.45, 2.75) is 39.1 Å². The lowest BCUT2D eigenvalue weighted by Gasteiger charge is -2.21. The van der Waals surface area contributed by atoms with E-state index < -0.39 is 0 Å². The van der Waals surface area contributed by atoms with Crippen molar-refractivity contribution in [3.05, 3.63) is 30.0 Å². The number of para-hydroxylation sites is 1. The van der Waals surface area contributed by atoms with Crippen LogP contribution in [0.3, 0.4) is 0 Å². The van der Waals surface area contributed by atoms with Crippen LogP contribution in [0.25, 0.3) is 10.9 Å². The van der Waals surface area contributed by atoms with Crippen LogP contribution in [0.2, 0.25) is 0 Å². The molecule has 1 N–H and O–H groups in total. The van der Waals surface area contributed by atoms with E-state index in [0.29, 0.717) is 0 Å². The summed E-state index contributed by atoms with van der Waals surface area (Å²) in [4.78, 5) is 0. The molecule has 0 spiro atoms. The smallest absolute Gasteiger partial charge is 0.0841 e. The number of halogens is 1. The number of hydrogen-bond acceptors (Lipinski definition) is 2. The molecule has 2 rings (SSSR count). The van der Waals surface area contributed by atoms with Crippen LogP contribution >= 0.6 is 11.6 Å². The SMILES string of the molecule is Cn1nc(CNCC(Cl)CC(C)(C)C)c2ccccc21. The van der Waals surface area contributed by atoms with Crippen LogP contribution in [0.5, 0.6) is 0 Å². The van der Waals surface area contributed by atoms with E-state index in [2.05, 4.69) is 49.4 Å². The van der Waals surface area contributed by atoms with E-state index in [-0.39, 0.29) is 10.8 Å². The van der Waals surface area contributed by atoms with Gasteiger partial charge in [0, 0.05) is 30.9 Å². The lowest BCUT2D eigenvalue weighted by molar-refractivity contribution is 0.364. The minimum absolute atomic E-state index is 0.157. The Morgan fingerprint density at radius 2 is 2.00 bits per heavy atom. The third-order valence-electron chi connectivity index (χ3n) is 3.33. The molecule has 0 amide bonds. The van der Waals surface area contributed by atoms with Gasteiger partial charge in [0.2, 0.25) is 0 Å². The van der Waals surface area contributed by atoms with Crippen LogP contribution in [0, 0.1) is 5.41 Å². The van der Waals surface area contributed by atoms with Crippen molar-refractivity contribution < 1.29 is 0 Å². The summed E-state index contributed by atoms with van der Waals surface area (Å²) < 4.78 is 1.93. The molecule has 0 bridgehead atoms. The molecule has 0 radical (unpaired) electrons. The minimum Gasteiger partial charge on any atom is -0.310 e. The number of aromatic nitrogens is 2. The van der Waals surface area contributed by atoms with Crippen molar-refractivity contribution in [1.82, 2.24) is 15.1 Å². The van der Waals surface area contributed by atoms with Crippen LogP contribution in [0.4, 0.5) is 0 Å². The first-order valence-electron chi connectivity index (χ1n) is 7.12. The van der Waals surface area contributed by atoms with E-state index in [1.54, 1.807) is 0 Å². The lowest BCUT2D eigenvalue weighted by atomic mass is 9.90. The van der Waals surface area contributed by atoms with Gasteiger partial charge in [-0.25, -0.2) is 0 Å². The Balaban J connectivity index is 1.93. The fraction of sp³-hybridized carbons (Fsp3) is 0.562. The number of nitrogens with one attached hydrogen (secondary N) is 1. The fourth-order valence-corrected chi connectivity index (χ4v) is 3.08. The third kappa shape index (κ3) is 3.97. The van der Waals surface area contributed by atoms with E-state index in [9.17, 15) is 0 Å². The van der Waals surface area contributed by atoms with Gasteiger partial charge in [0.15, 0.2) is 0 Å². The van der Waals surface area contributed by atoms with Gasteiger partial charge >= 0.3 is 0 Å². The molecular weight excluding hydrogens is 270 g/mol. The van der Waals surface area contributed by atoms with E-state index in [4.69, 9.17) is 11.6 Å². The number of benzene rings is 1. The topological polar surface area (TPSA) is 29.9 Å². The van der Waals surface area contributed by atoms with Gasteiger partial charge in [-0.15, -0.1) is 11.6 Å². The first-order chi connectivity index (χ1) is 9.37. The monoisotopic (exact) mass is 293 g/mol. The molecule has 0 fully saturated rings. The van der Waals surface area contributed by atoms with Gasteiger partial charge in [0.1, 0.15) is 0 Å². The maximum Gasteiger partial charge on any atom is 0.0841 e. The van der Waals surface area contributed by atoms with Gasteiger partial charge < -0.3 is 5.32 Å². The summed E-state index contributed by atoms with van der Waals surface area (Å²) >= 11 is 6.37. The molecule has 1 atom stereocenters. The van der Waals surface area contributed by atoms with Gasteiger partial charge in [-0.2, -0.15) is 5.10 Å². The van der Waals surface area contributed by atoms with Crippen LogP contribution < -0.4 is 5.32 Å². The lowest BCUT2D eigenvalue weighted by Crippen LogP contribution is -2.26. The Hall–Kier alpha value is -1.06. The number of hydrogen-bond donors (Lipinski definition) is 1. The Kier molecular flexibility index (Phi) is 4.71. The number of alkyl halides is 1. The van der Waals surface area contributed by atoms with Crippen molar-refractivity contribution in [3.8, 4) is 0 Å². The predicted molar refractivity (Wildman–Crippen MR) is 86.1 cm³/mol. The zero-order valence-electron chi connectivity index (χ0n) is 12.8. The molecule has 0 saturated heterocycles. The highest BCUT2D eigenvalue weighted by molar-refractivity contribution is 6.20. The molecule has 20 heavy (non-hydrogen) atoms. The molecule has 0 aliphatic rings. The molecule has 1 aromatic heterocycles. The standard InChI is InChI=1S/C16H24ClN3/c1-16(2,3)9-12(17)10-18-11-14-13-7-5-6-8-15(13)20(4)19-14/h5-8,12,18H,9-11H2,1-4H3. The van der Waals surface area contributed by atoms with Crippen LogP contribution in [0.1, 0.15) is 32.9 Å². The van der Waals surface area contributed by atoms with Crippen molar-refractivity contribution >= 4 is 22.5 Å². The summed E-state index contributed by atoms with van der Waals surface area (Å²) in [5.74, 6) is 0. The molecule has 3 nitrogen and oxygen atoms in total. The first-order valence-corrected chi connectivity index (χ1v) is 7.56. The second-order valence-electron chi connectivity index (χ2n) is 6.58. The van der Waals surface area contributed by atoms with Crippen molar-refractivity contribution in [1.29, 1.82) is 0 Å². The van der Waals surface area contributed by atoms with Gasteiger partial charge in [-0.05, 0) is 17.9 Å². The van der Waals surface area contributed by atoms with Crippen LogP contribution in [0.15, 0.2) is 24.3 Å². The van der Waals surface area contributed by atoms with Crippen LogP contribution in [-0.4, -0.2) is 21.7 Å². The molecule has 0 aliphatic carbocycles. The fourth-order valence-electron chi connectivity index (χ4n) is 2.50. The van der Waals surface area contributed by atoms with Gasteiger partial charge in [0.05, 0.1) is 11.2 Å². The highest BCUT2D eigenvalue weighted by Crippen LogP contribution is 2.23. The molecule has 110 valence electrons. The van der Waals surface area contributed by atoms with E-state index >= 15 is 0 Å². The van der Waals surface area contributed by atoms with Gasteiger partial charge in [-0.3, -0.25) is 4.68 Å². The summed E-state index contributed by atoms with van der Waals surface area (Å²) in [6, 6.07) is 8.30. The highest BCUT2D eigenvalue weighted by Gasteiger charge is 2.16. The summed E-state index contributed by atoms with van der Waals surface area (Å²) in [6.45, 7) is 8.22. The zero-order chi connectivity index (χ0) is 14.8. The maximum absolute atomic E-state index is 6.37. The second kappa shape index (κ2) is 6.15. The Bertz CT molecular complexity index is 569. The second-order valence-corrected chi connectivity index (χ2v) is 7.20. The summed E-state index contributed by atoms with van der Waals surface area (Å²) in [6.07, 6.45) is 1.00. The molecular formula is C16H24ClN3. The quantitative estimate of drug-likeness (QED) is 0.852. The summed E-state index contributed by atoms with van der Waals surface area (Å²) in [5.41, 5.74) is 2.52. The minimum atomic E-state index is 0.157. The third-order valence-corrected chi connectivity index (χ3v) is 3.64. The number of aryl methyl sites for hydroxylation is 1. The van der Waals surface area contributed by atoms with E-state index in [1.165, 1.54) is 10.9 Å². The Morgan fingerprint density at radius 3 is 2.70 bits per heavy atom. The number of rotatable bonds is 5. The Morgan fingerprint density at radius 1 is 1.30 bits per heavy atom. The average Bonchev–Trinajstić information content (AvgIpc) is 2.65.